The molecule has 1 atom stereocenters. The molecular formula is C14H17N5S. The summed E-state index contributed by atoms with van der Waals surface area (Å²) in [5.74, 6) is 0. The van der Waals surface area contributed by atoms with Gasteiger partial charge in [0.25, 0.3) is 0 Å². The normalized spacial score (nSPS) is 12.8. The first kappa shape index (κ1) is 13.2. The van der Waals surface area contributed by atoms with Crippen LogP contribution in [0.1, 0.15) is 30.8 Å². The van der Waals surface area contributed by atoms with E-state index in [0.29, 0.717) is 0 Å². The van der Waals surface area contributed by atoms with E-state index in [1.54, 1.807) is 23.7 Å². The molecule has 0 aliphatic heterocycles. The van der Waals surface area contributed by atoms with Crippen molar-refractivity contribution in [3.63, 3.8) is 0 Å². The smallest absolute Gasteiger partial charge is 0.193 e. The lowest BCUT2D eigenvalue weighted by atomic mass is 10.1. The van der Waals surface area contributed by atoms with Gasteiger partial charge >= 0.3 is 0 Å². The summed E-state index contributed by atoms with van der Waals surface area (Å²) >= 11 is 1.65. The summed E-state index contributed by atoms with van der Waals surface area (Å²) in [4.78, 5) is 14.2. The first-order valence-electron chi connectivity index (χ1n) is 6.77. The average Bonchev–Trinajstić information content (AvgIpc) is 3.05. The van der Waals surface area contributed by atoms with Crippen LogP contribution >= 0.6 is 11.3 Å². The Kier molecular flexibility index (Phi) is 4.03. The van der Waals surface area contributed by atoms with Crippen molar-refractivity contribution in [2.24, 2.45) is 0 Å². The van der Waals surface area contributed by atoms with E-state index in [0.717, 1.165) is 35.7 Å². The van der Waals surface area contributed by atoms with E-state index >= 15 is 0 Å². The Morgan fingerprint density at radius 3 is 3.10 bits per heavy atom. The van der Waals surface area contributed by atoms with Gasteiger partial charge in [-0.25, -0.2) is 4.98 Å². The highest BCUT2D eigenvalue weighted by atomic mass is 32.1. The molecule has 0 saturated heterocycles. The second-order valence-electron chi connectivity index (χ2n) is 4.67. The Hall–Kier alpha value is -1.79. The molecule has 3 heterocycles. The third-order valence-corrected chi connectivity index (χ3v) is 3.91. The molecule has 0 spiro atoms. The number of nitrogens with zero attached hydrogens (tertiary/aromatic N) is 4. The van der Waals surface area contributed by atoms with E-state index in [4.69, 9.17) is 0 Å². The third-order valence-electron chi connectivity index (χ3n) is 3.14. The van der Waals surface area contributed by atoms with E-state index in [1.165, 1.54) is 0 Å². The maximum atomic E-state index is 4.64. The molecule has 0 saturated carbocycles. The Morgan fingerprint density at radius 2 is 2.35 bits per heavy atom. The van der Waals surface area contributed by atoms with E-state index in [-0.39, 0.29) is 6.04 Å². The summed E-state index contributed by atoms with van der Waals surface area (Å²) in [6, 6.07) is 0.160. The zero-order valence-electron chi connectivity index (χ0n) is 11.4. The molecule has 0 bridgehead atoms. The lowest BCUT2D eigenvalue weighted by Crippen LogP contribution is -2.25. The maximum Gasteiger partial charge on any atom is 0.193 e. The minimum absolute atomic E-state index is 0.160. The van der Waals surface area contributed by atoms with Crippen molar-refractivity contribution >= 4 is 16.3 Å². The largest absolute Gasteiger partial charge is 0.308 e. The predicted octanol–water partition coefficient (Wildman–Crippen LogP) is 2.47. The topological polar surface area (TPSA) is 55.1 Å². The van der Waals surface area contributed by atoms with Gasteiger partial charge in [-0.15, -0.1) is 11.3 Å². The lowest BCUT2D eigenvalue weighted by molar-refractivity contribution is 0.512. The van der Waals surface area contributed by atoms with E-state index in [1.807, 2.05) is 17.8 Å². The quantitative estimate of drug-likeness (QED) is 0.756. The highest BCUT2D eigenvalue weighted by Crippen LogP contribution is 2.18. The number of thiazole rings is 1. The van der Waals surface area contributed by atoms with E-state index < -0.39 is 0 Å². The van der Waals surface area contributed by atoms with Gasteiger partial charge in [0.05, 0.1) is 17.4 Å². The second kappa shape index (κ2) is 6.11. The molecule has 3 aromatic rings. The van der Waals surface area contributed by atoms with E-state index in [2.05, 4.69) is 37.8 Å². The molecule has 1 N–H and O–H groups in total. The van der Waals surface area contributed by atoms with Crippen molar-refractivity contribution in [2.75, 3.05) is 6.54 Å². The van der Waals surface area contributed by atoms with Crippen LogP contribution in [0.3, 0.4) is 0 Å². The molecule has 0 radical (unpaired) electrons. The summed E-state index contributed by atoms with van der Waals surface area (Å²) in [6.07, 6.45) is 11.3. The van der Waals surface area contributed by atoms with Gasteiger partial charge in [0.15, 0.2) is 4.96 Å². The van der Waals surface area contributed by atoms with Gasteiger partial charge in [0.2, 0.25) is 0 Å². The molecule has 5 nitrogen and oxygen atoms in total. The van der Waals surface area contributed by atoms with Crippen LogP contribution in [0, 0.1) is 0 Å². The Bertz CT molecular complexity index is 632. The van der Waals surface area contributed by atoms with Crippen molar-refractivity contribution in [1.29, 1.82) is 0 Å². The monoisotopic (exact) mass is 287 g/mol. The molecule has 20 heavy (non-hydrogen) atoms. The predicted molar refractivity (Wildman–Crippen MR) is 79.8 cm³/mol. The number of imidazole rings is 1. The summed E-state index contributed by atoms with van der Waals surface area (Å²) in [5.41, 5.74) is 2.05. The molecule has 1 unspecified atom stereocenters. The summed E-state index contributed by atoms with van der Waals surface area (Å²) < 4.78 is 2.06. The molecular weight excluding hydrogens is 270 g/mol. The Morgan fingerprint density at radius 1 is 1.40 bits per heavy atom. The fourth-order valence-electron chi connectivity index (χ4n) is 2.17. The van der Waals surface area contributed by atoms with Crippen molar-refractivity contribution in [2.45, 2.75) is 25.8 Å². The van der Waals surface area contributed by atoms with Crippen LogP contribution in [-0.4, -0.2) is 25.9 Å². The number of fused-ring (bicyclic) bond motifs is 1. The van der Waals surface area contributed by atoms with Crippen molar-refractivity contribution in [1.82, 2.24) is 24.7 Å². The van der Waals surface area contributed by atoms with Gasteiger partial charge in [-0.05, 0) is 13.0 Å². The average molecular weight is 287 g/mol. The standard InChI is InChI=1S/C14H17N5S/c1-2-3-16-12(13-9-15-4-5-17-13)8-11-10-19-6-7-20-14(19)18-11/h4-7,9-10,12,16H,2-3,8H2,1H3. The number of rotatable bonds is 6. The first-order chi connectivity index (χ1) is 9.86. The van der Waals surface area contributed by atoms with Crippen LogP contribution in [0.25, 0.3) is 4.96 Å². The van der Waals surface area contributed by atoms with Crippen LogP contribution in [0.4, 0.5) is 0 Å². The van der Waals surface area contributed by atoms with Gasteiger partial charge in [0, 0.05) is 42.8 Å². The van der Waals surface area contributed by atoms with Crippen LogP contribution in [-0.2, 0) is 6.42 Å². The summed E-state index contributed by atoms with van der Waals surface area (Å²) in [6.45, 7) is 3.12. The zero-order valence-corrected chi connectivity index (χ0v) is 12.2. The van der Waals surface area contributed by atoms with Crippen LogP contribution in [0.15, 0.2) is 36.4 Å². The van der Waals surface area contributed by atoms with Gasteiger partial charge in [-0.1, -0.05) is 6.92 Å². The van der Waals surface area contributed by atoms with E-state index in [9.17, 15) is 0 Å². The molecule has 0 aliphatic carbocycles. The number of hydrogen-bond acceptors (Lipinski definition) is 5. The molecule has 104 valence electrons. The number of aromatic nitrogens is 4. The second-order valence-corrected chi connectivity index (χ2v) is 5.54. The molecule has 3 rings (SSSR count). The molecule has 0 fully saturated rings. The van der Waals surface area contributed by atoms with Crippen molar-refractivity contribution < 1.29 is 0 Å². The molecule has 3 aromatic heterocycles. The number of hydrogen-bond donors (Lipinski definition) is 1. The number of nitrogens with one attached hydrogen (secondary N) is 1. The Balaban J connectivity index is 1.80. The SMILES string of the molecule is CCCNC(Cc1cn2ccsc2n1)c1cnccn1. The van der Waals surface area contributed by atoms with Gasteiger partial charge < -0.3 is 5.32 Å². The highest BCUT2D eigenvalue weighted by Gasteiger charge is 2.15. The minimum Gasteiger partial charge on any atom is -0.308 e. The fourth-order valence-corrected chi connectivity index (χ4v) is 2.89. The van der Waals surface area contributed by atoms with Crippen LogP contribution in [0.5, 0.6) is 0 Å². The third kappa shape index (κ3) is 2.86. The highest BCUT2D eigenvalue weighted by molar-refractivity contribution is 7.15. The maximum absolute atomic E-state index is 4.64. The van der Waals surface area contributed by atoms with Crippen molar-refractivity contribution in [3.8, 4) is 0 Å². The summed E-state index contributed by atoms with van der Waals surface area (Å²) in [7, 11) is 0. The fraction of sp³-hybridized carbons (Fsp3) is 0.357. The molecule has 0 aromatic carbocycles. The lowest BCUT2D eigenvalue weighted by Gasteiger charge is -2.16. The Labute approximate surface area is 121 Å². The van der Waals surface area contributed by atoms with Gasteiger partial charge in [-0.2, -0.15) is 0 Å². The molecule has 6 heteroatoms. The van der Waals surface area contributed by atoms with Crippen molar-refractivity contribution in [3.05, 3.63) is 47.8 Å². The van der Waals surface area contributed by atoms with Gasteiger partial charge in [0.1, 0.15) is 0 Å². The van der Waals surface area contributed by atoms with Crippen LogP contribution in [0.2, 0.25) is 0 Å². The molecule has 0 aliphatic rings. The molecule has 0 amide bonds. The van der Waals surface area contributed by atoms with Crippen LogP contribution < -0.4 is 5.32 Å². The first-order valence-corrected chi connectivity index (χ1v) is 7.65. The zero-order chi connectivity index (χ0) is 13.8. The summed E-state index contributed by atoms with van der Waals surface area (Å²) in [5, 5.41) is 5.57. The minimum atomic E-state index is 0.160. The van der Waals surface area contributed by atoms with Gasteiger partial charge in [-0.3, -0.25) is 14.4 Å².